The van der Waals surface area contributed by atoms with Gasteiger partial charge in [0.25, 0.3) is 0 Å². The quantitative estimate of drug-likeness (QED) is 0.228. The number of anilines is 1. The van der Waals surface area contributed by atoms with Crippen LogP contribution in [0.5, 0.6) is 0 Å². The minimum Gasteiger partial charge on any atom is -0.326 e. The number of Topliss-reactive ketones (excluding diaryl/α,β-unsaturated/α-hetero) is 1. The average Bonchev–Trinajstić information content (AvgIpc) is 3.44. The van der Waals surface area contributed by atoms with E-state index in [4.69, 9.17) is 0 Å². The van der Waals surface area contributed by atoms with Gasteiger partial charge in [-0.05, 0) is 43.3 Å². The third-order valence-electron chi connectivity index (χ3n) is 4.85. The summed E-state index contributed by atoms with van der Waals surface area (Å²) in [4.78, 5) is 28.8. The Kier molecular flexibility index (Phi) is 7.79. The Morgan fingerprint density at radius 2 is 1.82 bits per heavy atom. The van der Waals surface area contributed by atoms with Gasteiger partial charge in [0, 0.05) is 24.2 Å². The van der Waals surface area contributed by atoms with Gasteiger partial charge in [0.2, 0.25) is 5.91 Å². The minimum atomic E-state index is -0.0550. The van der Waals surface area contributed by atoms with E-state index < -0.39 is 0 Å². The molecule has 0 fully saturated rings. The molecule has 2 aromatic heterocycles. The Bertz CT molecular complexity index is 1230. The molecule has 4 rings (SSSR count). The van der Waals surface area contributed by atoms with Crippen LogP contribution in [0.2, 0.25) is 0 Å². The first-order chi connectivity index (χ1) is 16.1. The summed E-state index contributed by atoms with van der Waals surface area (Å²) in [7, 11) is 0. The fourth-order valence-corrected chi connectivity index (χ4v) is 6.02. The number of rotatable bonds is 10. The second kappa shape index (κ2) is 11.0. The maximum atomic E-state index is 12.6. The average molecular weight is 498 g/mol. The van der Waals surface area contributed by atoms with Crippen LogP contribution >= 0.6 is 34.9 Å². The summed E-state index contributed by atoms with van der Waals surface area (Å²) in [6, 6.07) is 15.1. The second-order valence-corrected chi connectivity index (χ2v) is 10.3. The molecule has 2 aromatic carbocycles. The number of benzene rings is 2. The predicted molar refractivity (Wildman–Crippen MR) is 135 cm³/mol. The lowest BCUT2D eigenvalue weighted by Crippen LogP contribution is -2.10. The normalized spacial score (nSPS) is 11.1. The summed E-state index contributed by atoms with van der Waals surface area (Å²) in [5, 5.41) is 12.2. The molecule has 2 heterocycles. The van der Waals surface area contributed by atoms with Crippen molar-refractivity contribution in [2.75, 3.05) is 11.1 Å². The molecule has 0 aliphatic rings. The van der Waals surface area contributed by atoms with Crippen LogP contribution in [0.1, 0.15) is 36.5 Å². The fraction of sp³-hybridized carbons (Fsp3) is 0.261. The zero-order valence-electron chi connectivity index (χ0n) is 18.3. The zero-order valence-corrected chi connectivity index (χ0v) is 20.7. The van der Waals surface area contributed by atoms with Gasteiger partial charge < -0.3 is 9.88 Å². The molecule has 0 radical (unpaired) electrons. The maximum absolute atomic E-state index is 12.6. The first-order valence-corrected chi connectivity index (χ1v) is 13.3. The van der Waals surface area contributed by atoms with Crippen molar-refractivity contribution >= 4 is 62.5 Å². The smallest absolute Gasteiger partial charge is 0.224 e. The van der Waals surface area contributed by atoms with Gasteiger partial charge in [-0.2, -0.15) is 0 Å². The van der Waals surface area contributed by atoms with Crippen molar-refractivity contribution in [1.29, 1.82) is 0 Å². The summed E-state index contributed by atoms with van der Waals surface area (Å²) in [5.74, 6) is 1.75. The van der Waals surface area contributed by atoms with E-state index in [1.807, 2.05) is 29.7 Å². The van der Waals surface area contributed by atoms with Gasteiger partial charge in [-0.15, -0.1) is 21.5 Å². The van der Waals surface area contributed by atoms with Gasteiger partial charge >= 0.3 is 0 Å². The first kappa shape index (κ1) is 23.5. The lowest BCUT2D eigenvalue weighted by atomic mass is 10.1. The second-order valence-electron chi connectivity index (χ2n) is 7.07. The van der Waals surface area contributed by atoms with E-state index in [0.717, 1.165) is 27.4 Å². The van der Waals surface area contributed by atoms with Crippen molar-refractivity contribution in [3.8, 4) is 0 Å². The topological polar surface area (TPSA) is 89.8 Å². The molecule has 0 bridgehead atoms. The molecule has 0 unspecified atom stereocenters. The number of thioether (sulfide) groups is 2. The molecule has 33 heavy (non-hydrogen) atoms. The summed E-state index contributed by atoms with van der Waals surface area (Å²) < 4.78 is 4.22. The molecule has 0 spiro atoms. The minimum absolute atomic E-state index is 0.00409. The number of aromatic nitrogens is 4. The van der Waals surface area contributed by atoms with Gasteiger partial charge in [-0.25, -0.2) is 4.98 Å². The molecule has 170 valence electrons. The van der Waals surface area contributed by atoms with E-state index >= 15 is 0 Å². The number of nitrogens with zero attached hydrogens (tertiary/aromatic N) is 4. The largest absolute Gasteiger partial charge is 0.326 e. The van der Waals surface area contributed by atoms with Gasteiger partial charge in [0.15, 0.2) is 15.3 Å². The maximum Gasteiger partial charge on any atom is 0.224 e. The number of fused-ring (bicyclic) bond motifs is 1. The van der Waals surface area contributed by atoms with Crippen molar-refractivity contribution in [1.82, 2.24) is 19.7 Å². The van der Waals surface area contributed by atoms with E-state index in [0.29, 0.717) is 23.4 Å². The summed E-state index contributed by atoms with van der Waals surface area (Å²) in [6.07, 6.45) is 0.413. The van der Waals surface area contributed by atoms with Crippen LogP contribution in [0, 0.1) is 0 Å². The number of carbonyl (C=O) groups is 2. The molecule has 0 saturated heterocycles. The molecule has 0 atom stereocenters. The number of amides is 1. The summed E-state index contributed by atoms with van der Waals surface area (Å²) in [6.45, 7) is 4.57. The Labute approximate surface area is 204 Å². The molecule has 0 saturated carbocycles. The van der Waals surface area contributed by atoms with Crippen molar-refractivity contribution in [2.45, 2.75) is 42.1 Å². The van der Waals surface area contributed by atoms with Crippen LogP contribution in [-0.2, 0) is 17.1 Å². The molecule has 4 aromatic rings. The molecular formula is C23H23N5O2S3. The molecule has 1 N–H and O–H groups in total. The van der Waals surface area contributed by atoms with Crippen molar-refractivity contribution in [3.05, 3.63) is 59.9 Å². The third-order valence-corrected chi connectivity index (χ3v) is 7.99. The van der Waals surface area contributed by atoms with Crippen LogP contribution in [0.15, 0.2) is 58.0 Å². The van der Waals surface area contributed by atoms with E-state index in [-0.39, 0.29) is 17.4 Å². The Balaban J connectivity index is 1.35. The van der Waals surface area contributed by atoms with Gasteiger partial charge in [0.05, 0.1) is 21.7 Å². The van der Waals surface area contributed by atoms with Crippen LogP contribution < -0.4 is 5.32 Å². The first-order valence-electron chi connectivity index (χ1n) is 10.5. The molecule has 1 amide bonds. The van der Waals surface area contributed by atoms with Gasteiger partial charge in [-0.3, -0.25) is 9.59 Å². The molecule has 7 nitrogen and oxygen atoms in total. The highest BCUT2D eigenvalue weighted by Crippen LogP contribution is 2.31. The highest BCUT2D eigenvalue weighted by Gasteiger charge is 2.15. The van der Waals surface area contributed by atoms with Crippen molar-refractivity contribution < 1.29 is 9.59 Å². The number of thiazole rings is 1. The Morgan fingerprint density at radius 1 is 1.03 bits per heavy atom. The highest BCUT2D eigenvalue weighted by atomic mass is 32.2. The Hall–Kier alpha value is -2.69. The predicted octanol–water partition coefficient (Wildman–Crippen LogP) is 5.52. The number of carbonyl (C=O) groups excluding carboxylic acids is 2. The molecular weight excluding hydrogens is 474 g/mol. The zero-order chi connectivity index (χ0) is 23.2. The van der Waals surface area contributed by atoms with Crippen molar-refractivity contribution in [3.63, 3.8) is 0 Å². The number of nitrogens with one attached hydrogen (secondary N) is 1. The summed E-state index contributed by atoms with van der Waals surface area (Å²) in [5.41, 5.74) is 2.30. The van der Waals surface area contributed by atoms with E-state index in [1.165, 1.54) is 16.5 Å². The molecule has 0 aliphatic heterocycles. The van der Waals surface area contributed by atoms with Crippen LogP contribution in [0.4, 0.5) is 5.69 Å². The third kappa shape index (κ3) is 5.82. The van der Waals surface area contributed by atoms with Crippen molar-refractivity contribution in [2.24, 2.45) is 0 Å². The van der Waals surface area contributed by atoms with E-state index in [2.05, 4.69) is 26.6 Å². The van der Waals surface area contributed by atoms with Gasteiger partial charge in [0.1, 0.15) is 5.82 Å². The van der Waals surface area contributed by atoms with E-state index in [1.54, 1.807) is 54.3 Å². The lowest BCUT2D eigenvalue weighted by Gasteiger charge is -2.07. The fourth-order valence-electron chi connectivity index (χ4n) is 3.09. The summed E-state index contributed by atoms with van der Waals surface area (Å²) >= 11 is 4.71. The molecule has 10 heteroatoms. The Morgan fingerprint density at radius 3 is 2.55 bits per heavy atom. The van der Waals surface area contributed by atoms with E-state index in [9.17, 15) is 9.59 Å². The highest BCUT2D eigenvalue weighted by molar-refractivity contribution is 8.00. The monoisotopic (exact) mass is 497 g/mol. The van der Waals surface area contributed by atoms with Crippen LogP contribution in [0.25, 0.3) is 10.2 Å². The lowest BCUT2D eigenvalue weighted by molar-refractivity contribution is -0.115. The van der Waals surface area contributed by atoms with Gasteiger partial charge in [-0.1, -0.05) is 42.6 Å². The standard InChI is InChI=1S/C23H23N5O2S3/c1-3-21(30)24-16-11-9-15(10-12-16)18(29)13-31-22-27-26-20(28(22)4-2)14-32-23-25-17-7-5-6-8-19(17)33-23/h5-12H,3-4,13-14H2,1-2H3,(H,24,30). The number of hydrogen-bond acceptors (Lipinski definition) is 8. The molecule has 0 aliphatic carbocycles. The van der Waals surface area contributed by atoms with Crippen LogP contribution in [-0.4, -0.2) is 37.2 Å². The number of para-hydroxylation sites is 1. The number of hydrogen-bond donors (Lipinski definition) is 1. The SMILES string of the molecule is CCC(=O)Nc1ccc(C(=O)CSc2nnc(CSc3nc4ccccc4s3)n2CC)cc1. The number of ketones is 1. The van der Waals surface area contributed by atoms with Crippen LogP contribution in [0.3, 0.4) is 0 Å².